The quantitative estimate of drug-likeness (QED) is 0.702. The molecular weight excluding hydrogens is 224 g/mol. The average molecular weight is 239 g/mol. The number of pyridine rings is 1. The third kappa shape index (κ3) is 1.84. The molecule has 4 heteroatoms. The highest BCUT2D eigenvalue weighted by atomic mass is 19.3. The third-order valence-corrected chi connectivity index (χ3v) is 3.90. The molecule has 2 heterocycles. The summed E-state index contributed by atoms with van der Waals surface area (Å²) in [6, 6.07) is 3.86. The first kappa shape index (κ1) is 11.1. The monoisotopic (exact) mass is 239 g/mol. The molecule has 1 saturated carbocycles. The van der Waals surface area contributed by atoms with Crippen LogP contribution in [0.5, 0.6) is 0 Å². The summed E-state index contributed by atoms with van der Waals surface area (Å²) in [5.41, 5.74) is 1.64. The van der Waals surface area contributed by atoms with Crippen molar-refractivity contribution in [2.24, 2.45) is 0 Å². The molecule has 1 spiro atoms. The number of hydrogen-bond acceptors (Lipinski definition) is 2. The van der Waals surface area contributed by atoms with Crippen LogP contribution in [0.15, 0.2) is 18.3 Å². The van der Waals surface area contributed by atoms with Crippen molar-refractivity contribution in [3.8, 4) is 0 Å². The maximum atomic E-state index is 13.1. The Bertz CT molecular complexity index is 437. The molecule has 1 atom stereocenters. The van der Waals surface area contributed by atoms with E-state index in [-0.39, 0.29) is 24.5 Å². The summed E-state index contributed by atoms with van der Waals surface area (Å²) in [5.74, 6) is -2.50. The Labute approximate surface area is 99.0 Å². The number of epoxide rings is 1. The van der Waals surface area contributed by atoms with Gasteiger partial charge in [0.25, 0.3) is 0 Å². The minimum Gasteiger partial charge on any atom is -0.359 e. The van der Waals surface area contributed by atoms with Gasteiger partial charge in [0.2, 0.25) is 5.92 Å². The van der Waals surface area contributed by atoms with Gasteiger partial charge in [-0.15, -0.1) is 0 Å². The molecule has 3 rings (SSSR count). The third-order valence-electron chi connectivity index (χ3n) is 3.90. The minimum atomic E-state index is -2.50. The number of ether oxygens (including phenoxy) is 1. The van der Waals surface area contributed by atoms with Gasteiger partial charge in [-0.3, -0.25) is 4.98 Å². The molecular formula is C13H15F2NO. The fraction of sp³-hybridized carbons (Fsp3) is 0.615. The van der Waals surface area contributed by atoms with E-state index in [9.17, 15) is 8.78 Å². The first-order valence-electron chi connectivity index (χ1n) is 6.00. The van der Waals surface area contributed by atoms with Crippen LogP contribution in [-0.4, -0.2) is 16.5 Å². The van der Waals surface area contributed by atoms with Crippen LogP contribution in [0.2, 0.25) is 0 Å². The van der Waals surface area contributed by atoms with Gasteiger partial charge in [0.15, 0.2) is 0 Å². The molecule has 1 saturated heterocycles. The smallest absolute Gasteiger partial charge is 0.248 e. The number of aryl methyl sites for hydroxylation is 1. The second kappa shape index (κ2) is 3.48. The average Bonchev–Trinajstić information content (AvgIpc) is 2.99. The molecule has 2 fully saturated rings. The van der Waals surface area contributed by atoms with Gasteiger partial charge < -0.3 is 4.74 Å². The molecule has 17 heavy (non-hydrogen) atoms. The van der Waals surface area contributed by atoms with Crippen molar-refractivity contribution in [2.75, 3.05) is 0 Å². The molecule has 0 amide bonds. The summed E-state index contributed by atoms with van der Waals surface area (Å²) in [4.78, 5) is 4.31. The predicted octanol–water partition coefficient (Wildman–Crippen LogP) is 3.41. The Morgan fingerprint density at radius 1 is 1.29 bits per heavy atom. The highest BCUT2D eigenvalue weighted by Crippen LogP contribution is 2.59. The molecule has 0 radical (unpaired) electrons. The molecule has 1 aliphatic heterocycles. The Hall–Kier alpha value is -1.03. The SMILES string of the molecule is Cc1cccnc1C1OC12CCC(F)(F)CC2. The molecule has 1 unspecified atom stereocenters. The molecule has 92 valence electrons. The number of halogens is 2. The van der Waals surface area contributed by atoms with Gasteiger partial charge >= 0.3 is 0 Å². The molecule has 0 bridgehead atoms. The van der Waals surface area contributed by atoms with Gasteiger partial charge in [-0.25, -0.2) is 8.78 Å². The molecule has 1 aromatic heterocycles. The summed E-state index contributed by atoms with van der Waals surface area (Å²) in [7, 11) is 0. The zero-order chi connectivity index (χ0) is 12.1. The minimum absolute atomic E-state index is 0.0601. The lowest BCUT2D eigenvalue weighted by molar-refractivity contribution is -0.0508. The molecule has 1 aromatic rings. The van der Waals surface area contributed by atoms with Crippen LogP contribution in [0.1, 0.15) is 43.0 Å². The van der Waals surface area contributed by atoms with E-state index in [1.807, 2.05) is 19.1 Å². The summed E-state index contributed by atoms with van der Waals surface area (Å²) >= 11 is 0. The highest BCUT2D eigenvalue weighted by Gasteiger charge is 2.61. The van der Waals surface area contributed by atoms with E-state index in [1.165, 1.54) is 0 Å². The van der Waals surface area contributed by atoms with E-state index in [0.29, 0.717) is 12.8 Å². The van der Waals surface area contributed by atoms with Crippen LogP contribution in [0.25, 0.3) is 0 Å². The second-order valence-corrected chi connectivity index (χ2v) is 5.12. The van der Waals surface area contributed by atoms with Crippen molar-refractivity contribution < 1.29 is 13.5 Å². The van der Waals surface area contributed by atoms with Crippen LogP contribution in [-0.2, 0) is 4.74 Å². The van der Waals surface area contributed by atoms with Gasteiger partial charge in [-0.05, 0) is 31.4 Å². The van der Waals surface area contributed by atoms with Crippen LogP contribution in [0.3, 0.4) is 0 Å². The van der Waals surface area contributed by atoms with Gasteiger partial charge in [-0.2, -0.15) is 0 Å². The van der Waals surface area contributed by atoms with Gasteiger partial charge in [0.1, 0.15) is 11.7 Å². The molecule has 2 aliphatic rings. The van der Waals surface area contributed by atoms with E-state index in [0.717, 1.165) is 11.3 Å². The van der Waals surface area contributed by atoms with E-state index < -0.39 is 5.92 Å². The van der Waals surface area contributed by atoms with E-state index in [4.69, 9.17) is 4.74 Å². The number of nitrogens with zero attached hydrogens (tertiary/aromatic N) is 1. The zero-order valence-electron chi connectivity index (χ0n) is 9.75. The van der Waals surface area contributed by atoms with E-state index in [1.54, 1.807) is 6.20 Å². The maximum Gasteiger partial charge on any atom is 0.248 e. The van der Waals surface area contributed by atoms with Crippen molar-refractivity contribution in [1.82, 2.24) is 4.98 Å². The number of aromatic nitrogens is 1. The second-order valence-electron chi connectivity index (χ2n) is 5.12. The standard InChI is InChI=1S/C13H15F2NO/c1-9-3-2-8-16-10(9)11-12(17-11)4-6-13(14,15)7-5-12/h2-3,8,11H,4-7H2,1H3. The lowest BCUT2D eigenvalue weighted by atomic mass is 9.83. The topological polar surface area (TPSA) is 25.4 Å². The Balaban J connectivity index is 1.77. The summed E-state index contributed by atoms with van der Waals surface area (Å²) < 4.78 is 31.9. The first-order valence-corrected chi connectivity index (χ1v) is 6.00. The van der Waals surface area contributed by atoms with Crippen LogP contribution in [0, 0.1) is 6.92 Å². The van der Waals surface area contributed by atoms with Crippen molar-refractivity contribution in [3.05, 3.63) is 29.6 Å². The lowest BCUT2D eigenvalue weighted by Crippen LogP contribution is -2.30. The fourth-order valence-corrected chi connectivity index (χ4v) is 2.70. The van der Waals surface area contributed by atoms with Gasteiger partial charge in [0.05, 0.1) is 5.69 Å². The number of rotatable bonds is 1. The molecule has 0 aromatic carbocycles. The summed E-state index contributed by atoms with van der Waals surface area (Å²) in [6.07, 6.45) is 2.43. The lowest BCUT2D eigenvalue weighted by Gasteiger charge is -2.26. The highest BCUT2D eigenvalue weighted by molar-refractivity contribution is 5.27. The van der Waals surface area contributed by atoms with Crippen molar-refractivity contribution in [2.45, 2.75) is 50.2 Å². The van der Waals surface area contributed by atoms with Crippen molar-refractivity contribution in [3.63, 3.8) is 0 Å². The van der Waals surface area contributed by atoms with Crippen LogP contribution < -0.4 is 0 Å². The van der Waals surface area contributed by atoms with E-state index in [2.05, 4.69) is 4.98 Å². The molecule has 0 N–H and O–H groups in total. The van der Waals surface area contributed by atoms with Crippen molar-refractivity contribution in [1.29, 1.82) is 0 Å². The summed E-state index contributed by atoms with van der Waals surface area (Å²) in [6.45, 7) is 1.98. The van der Waals surface area contributed by atoms with Crippen molar-refractivity contribution >= 4 is 0 Å². The molecule has 2 nitrogen and oxygen atoms in total. The van der Waals surface area contributed by atoms with Crippen LogP contribution >= 0.6 is 0 Å². The fourth-order valence-electron chi connectivity index (χ4n) is 2.70. The van der Waals surface area contributed by atoms with Gasteiger partial charge in [0, 0.05) is 19.0 Å². The van der Waals surface area contributed by atoms with Crippen LogP contribution in [0.4, 0.5) is 8.78 Å². The maximum absolute atomic E-state index is 13.1. The largest absolute Gasteiger partial charge is 0.359 e. The Morgan fingerprint density at radius 3 is 2.65 bits per heavy atom. The number of hydrogen-bond donors (Lipinski definition) is 0. The Kier molecular flexibility index (Phi) is 2.27. The molecule has 1 aliphatic carbocycles. The normalized spacial score (nSPS) is 29.2. The van der Waals surface area contributed by atoms with Gasteiger partial charge in [-0.1, -0.05) is 6.07 Å². The zero-order valence-corrected chi connectivity index (χ0v) is 9.75. The number of alkyl halides is 2. The summed E-state index contributed by atoms with van der Waals surface area (Å²) in [5, 5.41) is 0. The predicted molar refractivity (Wildman–Crippen MR) is 58.9 cm³/mol. The first-order chi connectivity index (χ1) is 8.03. The van der Waals surface area contributed by atoms with E-state index >= 15 is 0 Å². The Morgan fingerprint density at radius 2 is 2.00 bits per heavy atom.